The van der Waals surface area contributed by atoms with Crippen molar-refractivity contribution in [3.63, 3.8) is 0 Å². The van der Waals surface area contributed by atoms with E-state index in [1.807, 2.05) is 4.90 Å². The first-order valence-corrected chi connectivity index (χ1v) is 5.71. The Morgan fingerprint density at radius 3 is 2.86 bits per heavy atom. The average molecular weight is 195 g/mol. The first-order chi connectivity index (χ1) is 6.79. The molecule has 0 aliphatic carbocycles. The van der Waals surface area contributed by atoms with Crippen LogP contribution in [0.15, 0.2) is 12.7 Å². The Bertz CT molecular complexity index is 200. The van der Waals surface area contributed by atoms with Crippen LogP contribution in [0.3, 0.4) is 0 Å². The van der Waals surface area contributed by atoms with Crippen molar-refractivity contribution in [3.8, 4) is 0 Å². The van der Waals surface area contributed by atoms with Crippen LogP contribution in [0, 0.1) is 5.92 Å². The molecule has 1 heterocycles. The molecule has 1 unspecified atom stereocenters. The lowest BCUT2D eigenvalue weighted by atomic mass is 10.1. The number of unbranched alkanes of at least 4 members (excludes halogenated alkanes) is 3. The van der Waals surface area contributed by atoms with Crippen LogP contribution in [0.4, 0.5) is 0 Å². The summed E-state index contributed by atoms with van der Waals surface area (Å²) in [6, 6.07) is 0. The van der Waals surface area contributed by atoms with Gasteiger partial charge in [0.15, 0.2) is 0 Å². The van der Waals surface area contributed by atoms with E-state index in [1.54, 1.807) is 6.08 Å². The molecule has 80 valence electrons. The lowest BCUT2D eigenvalue weighted by Gasteiger charge is -2.15. The predicted octanol–water partition coefficient (Wildman–Crippen LogP) is 2.60. The van der Waals surface area contributed by atoms with Gasteiger partial charge in [0.25, 0.3) is 0 Å². The molecule has 1 aliphatic heterocycles. The number of rotatable bonds is 6. The third-order valence-electron chi connectivity index (χ3n) is 2.90. The van der Waals surface area contributed by atoms with E-state index in [1.165, 1.54) is 19.3 Å². The van der Waals surface area contributed by atoms with Crippen molar-refractivity contribution in [2.45, 2.75) is 39.0 Å². The highest BCUT2D eigenvalue weighted by atomic mass is 16.2. The van der Waals surface area contributed by atoms with Crippen molar-refractivity contribution < 1.29 is 4.79 Å². The van der Waals surface area contributed by atoms with E-state index in [-0.39, 0.29) is 11.8 Å². The second-order valence-electron chi connectivity index (χ2n) is 4.02. The summed E-state index contributed by atoms with van der Waals surface area (Å²) < 4.78 is 0. The Morgan fingerprint density at radius 2 is 2.29 bits per heavy atom. The van der Waals surface area contributed by atoms with Gasteiger partial charge in [-0.25, -0.2) is 0 Å². The second kappa shape index (κ2) is 5.84. The maximum Gasteiger partial charge on any atom is 0.229 e. The van der Waals surface area contributed by atoms with Gasteiger partial charge < -0.3 is 4.90 Å². The molecular formula is C12H21NO. The van der Waals surface area contributed by atoms with Gasteiger partial charge in [0, 0.05) is 13.1 Å². The fraction of sp³-hybridized carbons (Fsp3) is 0.750. The van der Waals surface area contributed by atoms with Crippen molar-refractivity contribution in [2.75, 3.05) is 13.1 Å². The number of carbonyl (C=O) groups excluding carboxylic acids is 1. The molecule has 14 heavy (non-hydrogen) atoms. The van der Waals surface area contributed by atoms with Crippen LogP contribution in [0.1, 0.15) is 39.0 Å². The zero-order chi connectivity index (χ0) is 10.4. The molecule has 0 aromatic heterocycles. The fourth-order valence-electron chi connectivity index (χ4n) is 1.93. The first kappa shape index (κ1) is 11.3. The van der Waals surface area contributed by atoms with Gasteiger partial charge >= 0.3 is 0 Å². The molecule has 0 spiro atoms. The van der Waals surface area contributed by atoms with Gasteiger partial charge in [0.2, 0.25) is 5.91 Å². The summed E-state index contributed by atoms with van der Waals surface area (Å²) in [5.74, 6) is 0.387. The number of likely N-dealkylation sites (tertiary alicyclic amines) is 1. The molecular weight excluding hydrogens is 174 g/mol. The van der Waals surface area contributed by atoms with Gasteiger partial charge in [-0.1, -0.05) is 32.3 Å². The molecule has 1 amide bonds. The zero-order valence-corrected chi connectivity index (χ0v) is 9.17. The van der Waals surface area contributed by atoms with Crippen LogP contribution in [0.2, 0.25) is 0 Å². The predicted molar refractivity (Wildman–Crippen MR) is 59.0 cm³/mol. The van der Waals surface area contributed by atoms with Crippen molar-refractivity contribution >= 4 is 5.91 Å². The lowest BCUT2D eigenvalue weighted by molar-refractivity contribution is -0.129. The summed E-state index contributed by atoms with van der Waals surface area (Å²) in [4.78, 5) is 13.6. The van der Waals surface area contributed by atoms with Crippen LogP contribution in [-0.4, -0.2) is 23.9 Å². The van der Waals surface area contributed by atoms with Crippen molar-refractivity contribution in [1.29, 1.82) is 0 Å². The maximum absolute atomic E-state index is 11.7. The van der Waals surface area contributed by atoms with Crippen LogP contribution in [0.25, 0.3) is 0 Å². The quantitative estimate of drug-likeness (QED) is 0.471. The van der Waals surface area contributed by atoms with Gasteiger partial charge in [0.05, 0.1) is 5.92 Å². The number of nitrogens with zero attached hydrogens (tertiary/aromatic N) is 1. The number of hydrogen-bond donors (Lipinski definition) is 0. The molecule has 0 bridgehead atoms. The third kappa shape index (κ3) is 2.86. The Morgan fingerprint density at radius 1 is 1.50 bits per heavy atom. The van der Waals surface area contributed by atoms with E-state index in [4.69, 9.17) is 0 Å². The number of amides is 1. The summed E-state index contributed by atoms with van der Waals surface area (Å²) in [6.45, 7) is 7.77. The highest BCUT2D eigenvalue weighted by Gasteiger charge is 2.28. The standard InChI is InChI=1S/C12H21NO/c1-3-5-6-7-9-13-10-8-11(4-2)12(13)14/h4,11H,2-3,5-10H2,1H3. The molecule has 0 saturated carbocycles. The summed E-state index contributed by atoms with van der Waals surface area (Å²) in [6.07, 6.45) is 7.70. The molecule has 0 radical (unpaired) electrons. The van der Waals surface area contributed by atoms with E-state index < -0.39 is 0 Å². The van der Waals surface area contributed by atoms with E-state index in [0.29, 0.717) is 0 Å². The Kier molecular flexibility index (Phi) is 4.71. The van der Waals surface area contributed by atoms with E-state index in [2.05, 4.69) is 13.5 Å². The number of hydrogen-bond acceptors (Lipinski definition) is 1. The van der Waals surface area contributed by atoms with Gasteiger partial charge in [-0.05, 0) is 12.8 Å². The summed E-state index contributed by atoms with van der Waals surface area (Å²) in [5.41, 5.74) is 0. The fourth-order valence-corrected chi connectivity index (χ4v) is 1.93. The molecule has 2 heteroatoms. The normalized spacial score (nSPS) is 21.6. The third-order valence-corrected chi connectivity index (χ3v) is 2.90. The molecule has 2 nitrogen and oxygen atoms in total. The Balaban J connectivity index is 2.19. The van der Waals surface area contributed by atoms with Crippen molar-refractivity contribution in [2.24, 2.45) is 5.92 Å². The second-order valence-corrected chi connectivity index (χ2v) is 4.02. The monoisotopic (exact) mass is 195 g/mol. The number of carbonyl (C=O) groups is 1. The Labute approximate surface area is 87.0 Å². The van der Waals surface area contributed by atoms with Gasteiger partial charge in [-0.2, -0.15) is 0 Å². The highest BCUT2D eigenvalue weighted by Crippen LogP contribution is 2.19. The molecule has 0 N–H and O–H groups in total. The Hall–Kier alpha value is -0.790. The van der Waals surface area contributed by atoms with Gasteiger partial charge in [-0.15, -0.1) is 6.58 Å². The topological polar surface area (TPSA) is 20.3 Å². The minimum atomic E-state index is 0.0983. The van der Waals surface area contributed by atoms with Crippen LogP contribution in [-0.2, 0) is 4.79 Å². The molecule has 1 fully saturated rings. The molecule has 1 aliphatic rings. The van der Waals surface area contributed by atoms with Crippen molar-refractivity contribution in [1.82, 2.24) is 4.90 Å². The van der Waals surface area contributed by atoms with Crippen LogP contribution >= 0.6 is 0 Å². The largest absolute Gasteiger partial charge is 0.342 e. The molecule has 1 atom stereocenters. The maximum atomic E-state index is 11.7. The zero-order valence-electron chi connectivity index (χ0n) is 9.17. The molecule has 0 aromatic rings. The van der Waals surface area contributed by atoms with E-state index in [9.17, 15) is 4.79 Å². The van der Waals surface area contributed by atoms with E-state index >= 15 is 0 Å². The average Bonchev–Trinajstić information content (AvgIpc) is 2.55. The summed E-state index contributed by atoms with van der Waals surface area (Å²) >= 11 is 0. The summed E-state index contributed by atoms with van der Waals surface area (Å²) in [5, 5.41) is 0. The van der Waals surface area contributed by atoms with Crippen LogP contribution in [0.5, 0.6) is 0 Å². The van der Waals surface area contributed by atoms with E-state index in [0.717, 1.165) is 25.9 Å². The van der Waals surface area contributed by atoms with Crippen LogP contribution < -0.4 is 0 Å². The molecule has 1 rings (SSSR count). The minimum absolute atomic E-state index is 0.0983. The SMILES string of the molecule is C=CC1CCN(CCCCCC)C1=O. The molecule has 1 saturated heterocycles. The van der Waals surface area contributed by atoms with Gasteiger partial charge in [-0.3, -0.25) is 4.79 Å². The highest BCUT2D eigenvalue weighted by molar-refractivity contribution is 5.82. The van der Waals surface area contributed by atoms with Crippen molar-refractivity contribution in [3.05, 3.63) is 12.7 Å². The summed E-state index contributed by atoms with van der Waals surface area (Å²) in [7, 11) is 0. The smallest absolute Gasteiger partial charge is 0.229 e. The lowest BCUT2D eigenvalue weighted by Crippen LogP contribution is -2.27. The molecule has 0 aromatic carbocycles. The van der Waals surface area contributed by atoms with Gasteiger partial charge in [0.1, 0.15) is 0 Å². The first-order valence-electron chi connectivity index (χ1n) is 5.71. The minimum Gasteiger partial charge on any atom is -0.342 e.